The van der Waals surface area contributed by atoms with E-state index < -0.39 is 12.0 Å². The van der Waals surface area contributed by atoms with E-state index in [1.165, 1.54) is 26.2 Å². The number of amides is 2. The van der Waals surface area contributed by atoms with Gasteiger partial charge in [-0.1, -0.05) is 12.8 Å². The van der Waals surface area contributed by atoms with Crippen LogP contribution in [0, 0.1) is 5.92 Å². The first-order valence-electron chi connectivity index (χ1n) is 6.39. The van der Waals surface area contributed by atoms with Gasteiger partial charge in [-0.15, -0.1) is 0 Å². The van der Waals surface area contributed by atoms with Gasteiger partial charge in [-0.25, -0.2) is 4.79 Å². The second kappa shape index (κ2) is 4.94. The van der Waals surface area contributed by atoms with Crippen molar-refractivity contribution in [1.82, 2.24) is 10.2 Å². The van der Waals surface area contributed by atoms with Gasteiger partial charge in [-0.05, 0) is 32.1 Å². The molecular formula is C12H20N2O3. The summed E-state index contributed by atoms with van der Waals surface area (Å²) < 4.78 is 0. The molecule has 1 saturated heterocycles. The van der Waals surface area contributed by atoms with Gasteiger partial charge in [0, 0.05) is 12.6 Å². The van der Waals surface area contributed by atoms with Crippen LogP contribution in [0.4, 0.5) is 4.79 Å². The molecule has 1 heterocycles. The van der Waals surface area contributed by atoms with Crippen LogP contribution >= 0.6 is 0 Å². The van der Waals surface area contributed by atoms with E-state index >= 15 is 0 Å². The van der Waals surface area contributed by atoms with Gasteiger partial charge in [0.15, 0.2) is 0 Å². The lowest BCUT2D eigenvalue weighted by molar-refractivity contribution is -0.138. The van der Waals surface area contributed by atoms with Crippen LogP contribution in [0.5, 0.6) is 0 Å². The first kappa shape index (κ1) is 12.2. The molecule has 3 atom stereocenters. The van der Waals surface area contributed by atoms with Crippen molar-refractivity contribution in [3.63, 3.8) is 0 Å². The maximum absolute atomic E-state index is 12.0. The van der Waals surface area contributed by atoms with Gasteiger partial charge in [0.2, 0.25) is 0 Å². The van der Waals surface area contributed by atoms with Crippen molar-refractivity contribution in [3.05, 3.63) is 0 Å². The van der Waals surface area contributed by atoms with Crippen LogP contribution in [0.1, 0.15) is 39.0 Å². The number of carbonyl (C=O) groups excluding carboxylic acids is 1. The molecule has 2 unspecified atom stereocenters. The number of carboxylic acids is 1. The smallest absolute Gasteiger partial charge is 0.325 e. The summed E-state index contributed by atoms with van der Waals surface area (Å²) >= 11 is 0. The minimum absolute atomic E-state index is 0.214. The summed E-state index contributed by atoms with van der Waals surface area (Å²) in [6.45, 7) is 2.27. The Labute approximate surface area is 101 Å². The van der Waals surface area contributed by atoms with Gasteiger partial charge < -0.3 is 15.3 Å². The van der Waals surface area contributed by atoms with Crippen LogP contribution in [-0.4, -0.2) is 40.6 Å². The minimum Gasteiger partial charge on any atom is -0.480 e. The Kier molecular flexibility index (Phi) is 3.54. The van der Waals surface area contributed by atoms with E-state index in [9.17, 15) is 9.59 Å². The van der Waals surface area contributed by atoms with Crippen LogP contribution < -0.4 is 5.32 Å². The number of nitrogens with one attached hydrogen (secondary N) is 1. The second-order valence-corrected chi connectivity index (χ2v) is 5.10. The lowest BCUT2D eigenvalue weighted by atomic mass is 9.85. The predicted octanol–water partition coefficient (Wildman–Crippen LogP) is 1.43. The molecule has 2 aliphatic rings. The quantitative estimate of drug-likeness (QED) is 0.767. The molecule has 2 amide bonds. The fraction of sp³-hybridized carbons (Fsp3) is 0.833. The van der Waals surface area contributed by atoms with Crippen molar-refractivity contribution in [2.45, 2.75) is 51.1 Å². The number of hydrogen-bond acceptors (Lipinski definition) is 2. The molecule has 5 heteroatoms. The third kappa shape index (κ3) is 2.53. The fourth-order valence-electron chi connectivity index (χ4n) is 2.99. The Morgan fingerprint density at radius 1 is 1.29 bits per heavy atom. The highest BCUT2D eigenvalue weighted by molar-refractivity contribution is 5.82. The second-order valence-electron chi connectivity index (χ2n) is 5.10. The maximum atomic E-state index is 12.0. The van der Waals surface area contributed by atoms with E-state index in [1.54, 1.807) is 0 Å². The number of aliphatic carboxylic acids is 1. The molecule has 0 radical (unpaired) electrons. The lowest BCUT2D eigenvalue weighted by Gasteiger charge is -2.32. The molecule has 1 aliphatic carbocycles. The van der Waals surface area contributed by atoms with Gasteiger partial charge in [0.25, 0.3) is 0 Å². The van der Waals surface area contributed by atoms with E-state index in [4.69, 9.17) is 5.11 Å². The van der Waals surface area contributed by atoms with Crippen LogP contribution in [-0.2, 0) is 4.79 Å². The molecule has 96 valence electrons. The normalized spacial score (nSPS) is 29.6. The van der Waals surface area contributed by atoms with E-state index in [0.29, 0.717) is 12.0 Å². The number of carboxylic acid groups (broad SMARTS) is 1. The highest BCUT2D eigenvalue weighted by Crippen LogP contribution is 2.35. The van der Waals surface area contributed by atoms with Crippen LogP contribution in [0.2, 0.25) is 0 Å². The molecule has 0 aromatic carbocycles. The van der Waals surface area contributed by atoms with E-state index in [1.807, 2.05) is 4.90 Å². The zero-order valence-corrected chi connectivity index (χ0v) is 10.2. The highest BCUT2D eigenvalue weighted by Gasteiger charge is 2.38. The van der Waals surface area contributed by atoms with Crippen molar-refractivity contribution in [2.75, 3.05) is 6.54 Å². The predicted molar refractivity (Wildman–Crippen MR) is 62.7 cm³/mol. The molecule has 1 saturated carbocycles. The van der Waals surface area contributed by atoms with Gasteiger partial charge in [0.05, 0.1) is 0 Å². The van der Waals surface area contributed by atoms with Crippen LogP contribution in [0.3, 0.4) is 0 Å². The van der Waals surface area contributed by atoms with E-state index in [0.717, 1.165) is 19.4 Å². The van der Waals surface area contributed by atoms with Crippen molar-refractivity contribution in [1.29, 1.82) is 0 Å². The van der Waals surface area contributed by atoms with Gasteiger partial charge in [0.1, 0.15) is 6.04 Å². The first-order valence-corrected chi connectivity index (χ1v) is 6.39. The highest BCUT2D eigenvalue weighted by atomic mass is 16.4. The van der Waals surface area contributed by atoms with Crippen molar-refractivity contribution < 1.29 is 14.7 Å². The summed E-state index contributed by atoms with van der Waals surface area (Å²) in [5, 5.41) is 11.3. The minimum atomic E-state index is -0.988. The van der Waals surface area contributed by atoms with Crippen molar-refractivity contribution >= 4 is 12.0 Å². The molecule has 0 aromatic heterocycles. The summed E-state index contributed by atoms with van der Waals surface area (Å²) in [6.07, 6.45) is 5.80. The van der Waals surface area contributed by atoms with Crippen LogP contribution in [0.15, 0.2) is 0 Å². The van der Waals surface area contributed by atoms with Crippen molar-refractivity contribution in [3.8, 4) is 0 Å². The third-order valence-corrected chi connectivity index (χ3v) is 3.98. The van der Waals surface area contributed by atoms with Gasteiger partial charge in [-0.2, -0.15) is 0 Å². The Morgan fingerprint density at radius 2 is 2.00 bits per heavy atom. The monoisotopic (exact) mass is 240 g/mol. The Hall–Kier alpha value is -1.26. The molecular weight excluding hydrogens is 220 g/mol. The van der Waals surface area contributed by atoms with Crippen molar-refractivity contribution in [2.24, 2.45) is 5.92 Å². The molecule has 0 aromatic rings. The Bertz CT molecular complexity index is 319. The number of nitrogens with zero attached hydrogens (tertiary/aromatic N) is 1. The zero-order chi connectivity index (χ0) is 12.4. The number of fused-ring (bicyclic) bond motifs is 1. The standard InChI is InChI=1S/C12H20N2O3/c1-8(11(15)16)13-12(17)14-7-6-9-4-2-3-5-10(9)14/h8-10H,2-7H2,1H3,(H,13,17)(H,15,16)/t8-,9?,10?/m1/s1. The molecule has 2 rings (SSSR count). The average Bonchev–Trinajstić information content (AvgIpc) is 2.72. The largest absolute Gasteiger partial charge is 0.480 e. The topological polar surface area (TPSA) is 69.6 Å². The summed E-state index contributed by atoms with van der Waals surface area (Å²) in [6, 6.07) is -0.691. The van der Waals surface area contributed by atoms with Crippen LogP contribution in [0.25, 0.3) is 0 Å². The number of hydrogen-bond donors (Lipinski definition) is 2. The number of rotatable bonds is 2. The number of carbonyl (C=O) groups is 2. The maximum Gasteiger partial charge on any atom is 0.325 e. The lowest BCUT2D eigenvalue weighted by Crippen LogP contribution is -2.49. The molecule has 5 nitrogen and oxygen atoms in total. The Morgan fingerprint density at radius 3 is 2.71 bits per heavy atom. The molecule has 2 fully saturated rings. The van der Waals surface area contributed by atoms with E-state index in [-0.39, 0.29) is 6.03 Å². The number of urea groups is 1. The number of likely N-dealkylation sites (tertiary alicyclic amines) is 1. The summed E-state index contributed by atoms with van der Waals surface area (Å²) in [5.41, 5.74) is 0. The summed E-state index contributed by atoms with van der Waals surface area (Å²) in [4.78, 5) is 24.5. The Balaban J connectivity index is 1.93. The molecule has 0 bridgehead atoms. The summed E-state index contributed by atoms with van der Waals surface area (Å²) in [5.74, 6) is -0.354. The van der Waals surface area contributed by atoms with Gasteiger partial charge in [-0.3, -0.25) is 4.79 Å². The van der Waals surface area contributed by atoms with E-state index in [2.05, 4.69) is 5.32 Å². The van der Waals surface area contributed by atoms with Gasteiger partial charge >= 0.3 is 12.0 Å². The molecule has 0 spiro atoms. The fourth-order valence-corrected chi connectivity index (χ4v) is 2.99. The molecule has 1 aliphatic heterocycles. The summed E-state index contributed by atoms with van der Waals surface area (Å²) in [7, 11) is 0. The first-order chi connectivity index (χ1) is 8.09. The zero-order valence-electron chi connectivity index (χ0n) is 10.2. The molecule has 17 heavy (non-hydrogen) atoms. The molecule has 2 N–H and O–H groups in total. The SMILES string of the molecule is C[C@@H](NC(=O)N1CCC2CCCCC21)C(=O)O. The third-order valence-electron chi connectivity index (χ3n) is 3.98. The average molecular weight is 240 g/mol.